The Morgan fingerprint density at radius 1 is 1.17 bits per heavy atom. The lowest BCUT2D eigenvalue weighted by molar-refractivity contribution is 0.0527. The smallest absolute Gasteiger partial charge is 0.341 e. The van der Waals surface area contributed by atoms with E-state index < -0.39 is 11.9 Å². The van der Waals surface area contributed by atoms with Crippen LogP contribution in [0.2, 0.25) is 0 Å². The molecule has 29 heavy (non-hydrogen) atoms. The monoisotopic (exact) mass is 413 g/mol. The number of nitrogens with zero attached hydrogens (tertiary/aromatic N) is 1. The van der Waals surface area contributed by atoms with Crippen molar-refractivity contribution in [3.05, 3.63) is 58.2 Å². The first-order valence-corrected chi connectivity index (χ1v) is 9.64. The molecule has 0 radical (unpaired) electrons. The van der Waals surface area contributed by atoms with Crippen molar-refractivity contribution < 1.29 is 23.6 Å². The number of rotatable bonds is 6. The summed E-state index contributed by atoms with van der Waals surface area (Å²) in [7, 11) is 1.49. The number of hydrogen-bond acceptors (Lipinski definition) is 7. The molecule has 3 aromatic rings. The molecule has 8 nitrogen and oxygen atoms in total. The van der Waals surface area contributed by atoms with Crippen LogP contribution in [0.3, 0.4) is 0 Å². The fourth-order valence-corrected chi connectivity index (χ4v) is 3.81. The van der Waals surface area contributed by atoms with Crippen LogP contribution in [0, 0.1) is 6.92 Å². The lowest BCUT2D eigenvalue weighted by Gasteiger charge is -2.05. The van der Waals surface area contributed by atoms with Gasteiger partial charge in [-0.2, -0.15) is 0 Å². The average Bonchev–Trinajstić information content (AvgIpc) is 3.33. The summed E-state index contributed by atoms with van der Waals surface area (Å²) in [4.78, 5) is 37.5. The van der Waals surface area contributed by atoms with Crippen LogP contribution in [0.25, 0.3) is 11.3 Å². The third-order valence-corrected chi connectivity index (χ3v) is 5.30. The van der Waals surface area contributed by atoms with Gasteiger partial charge in [-0.05, 0) is 19.4 Å². The number of ether oxygens (including phenoxy) is 1. The molecule has 1 aromatic carbocycles. The van der Waals surface area contributed by atoms with Gasteiger partial charge in [0.05, 0.1) is 17.0 Å². The predicted molar refractivity (Wildman–Crippen MR) is 108 cm³/mol. The molecule has 0 unspecified atom stereocenters. The number of esters is 1. The van der Waals surface area contributed by atoms with Crippen LogP contribution in [0.5, 0.6) is 0 Å². The molecule has 9 heteroatoms. The number of anilines is 1. The van der Waals surface area contributed by atoms with Gasteiger partial charge in [0.15, 0.2) is 0 Å². The molecule has 0 spiro atoms. The summed E-state index contributed by atoms with van der Waals surface area (Å²) in [5, 5.41) is 9.28. The quantitative estimate of drug-likeness (QED) is 0.599. The minimum Gasteiger partial charge on any atom is -0.462 e. The predicted octanol–water partition coefficient (Wildman–Crippen LogP) is 3.50. The van der Waals surface area contributed by atoms with Gasteiger partial charge in [-0.25, -0.2) is 4.79 Å². The van der Waals surface area contributed by atoms with E-state index in [1.54, 1.807) is 13.8 Å². The van der Waals surface area contributed by atoms with Crippen LogP contribution in [0.15, 0.2) is 40.9 Å². The zero-order valence-corrected chi connectivity index (χ0v) is 16.9. The Morgan fingerprint density at radius 2 is 1.90 bits per heavy atom. The van der Waals surface area contributed by atoms with Gasteiger partial charge in [-0.3, -0.25) is 9.59 Å². The molecule has 0 fully saturated rings. The minimum absolute atomic E-state index is 0.0220. The van der Waals surface area contributed by atoms with E-state index in [4.69, 9.17) is 9.26 Å². The number of hydrogen-bond donors (Lipinski definition) is 2. The summed E-state index contributed by atoms with van der Waals surface area (Å²) >= 11 is 0.992. The first-order valence-electron chi connectivity index (χ1n) is 8.82. The molecule has 0 saturated heterocycles. The molecule has 2 N–H and O–H groups in total. The number of carbonyl (C=O) groups is 3. The van der Waals surface area contributed by atoms with Gasteiger partial charge in [0.25, 0.3) is 11.8 Å². The summed E-state index contributed by atoms with van der Waals surface area (Å²) in [6, 6.07) is 10.8. The molecule has 0 saturated carbocycles. The van der Waals surface area contributed by atoms with Crippen molar-refractivity contribution >= 4 is 34.1 Å². The largest absolute Gasteiger partial charge is 0.462 e. The Balaban J connectivity index is 1.91. The van der Waals surface area contributed by atoms with Gasteiger partial charge in [0.1, 0.15) is 10.7 Å². The second-order valence-electron chi connectivity index (χ2n) is 5.96. The minimum atomic E-state index is -0.616. The number of aromatic nitrogens is 1. The number of thiophene rings is 1. The number of nitrogens with one attached hydrogen (secondary N) is 2. The molecule has 2 amide bonds. The first kappa shape index (κ1) is 20.3. The number of amides is 2. The van der Waals surface area contributed by atoms with Crippen LogP contribution in [0.1, 0.15) is 43.1 Å². The van der Waals surface area contributed by atoms with Crippen molar-refractivity contribution in [2.45, 2.75) is 13.8 Å². The number of benzene rings is 1. The first-order chi connectivity index (χ1) is 14.0. The SMILES string of the molecule is CCOC(=O)c1c(NC(=O)c2cc(-c3ccccc3)no2)sc(C(=O)NC)c1C. The second-order valence-corrected chi connectivity index (χ2v) is 6.98. The van der Waals surface area contributed by atoms with Gasteiger partial charge in [-0.1, -0.05) is 35.5 Å². The normalized spacial score (nSPS) is 10.4. The van der Waals surface area contributed by atoms with Crippen LogP contribution in [-0.4, -0.2) is 36.6 Å². The Bertz CT molecular complexity index is 1060. The fraction of sp³-hybridized carbons (Fsp3) is 0.200. The molecule has 150 valence electrons. The third kappa shape index (κ3) is 4.19. The maximum atomic E-state index is 12.7. The van der Waals surface area contributed by atoms with E-state index in [-0.39, 0.29) is 28.8 Å². The van der Waals surface area contributed by atoms with E-state index in [1.807, 2.05) is 30.3 Å². The van der Waals surface area contributed by atoms with Gasteiger partial charge in [0, 0.05) is 18.7 Å². The lowest BCUT2D eigenvalue weighted by Crippen LogP contribution is -2.18. The topological polar surface area (TPSA) is 111 Å². The van der Waals surface area contributed by atoms with E-state index >= 15 is 0 Å². The van der Waals surface area contributed by atoms with Gasteiger partial charge in [0.2, 0.25) is 5.76 Å². The van der Waals surface area contributed by atoms with Crippen LogP contribution < -0.4 is 10.6 Å². The van der Waals surface area contributed by atoms with Crippen LogP contribution in [-0.2, 0) is 4.74 Å². The van der Waals surface area contributed by atoms with Crippen molar-refractivity contribution in [2.24, 2.45) is 0 Å². The Hall–Kier alpha value is -3.46. The van der Waals surface area contributed by atoms with Crippen molar-refractivity contribution in [1.82, 2.24) is 10.5 Å². The van der Waals surface area contributed by atoms with E-state index in [9.17, 15) is 14.4 Å². The van der Waals surface area contributed by atoms with Gasteiger partial charge in [-0.15, -0.1) is 11.3 Å². The Kier molecular flexibility index (Phi) is 6.08. The molecular weight excluding hydrogens is 394 g/mol. The van der Waals surface area contributed by atoms with Crippen molar-refractivity contribution in [3.63, 3.8) is 0 Å². The van der Waals surface area contributed by atoms with Crippen LogP contribution in [0.4, 0.5) is 5.00 Å². The molecule has 0 atom stereocenters. The second kappa shape index (κ2) is 8.70. The molecule has 2 heterocycles. The summed E-state index contributed by atoms with van der Waals surface area (Å²) in [5.41, 5.74) is 1.89. The maximum Gasteiger partial charge on any atom is 0.341 e. The van der Waals surface area contributed by atoms with Crippen LogP contribution >= 0.6 is 11.3 Å². The van der Waals surface area contributed by atoms with E-state index in [0.717, 1.165) is 16.9 Å². The molecule has 3 rings (SSSR count). The summed E-state index contributed by atoms with van der Waals surface area (Å²) in [5.74, 6) is -1.58. The number of carbonyl (C=O) groups excluding carboxylic acids is 3. The maximum absolute atomic E-state index is 12.7. The standard InChI is InChI=1S/C20H19N3O5S/c1-4-27-20(26)15-11(2)16(18(25)21-3)29-19(15)22-17(24)14-10-13(23-28-14)12-8-6-5-7-9-12/h5-10H,4H2,1-3H3,(H,21,25)(H,22,24). The Morgan fingerprint density at radius 3 is 2.55 bits per heavy atom. The zero-order valence-electron chi connectivity index (χ0n) is 16.1. The molecular formula is C20H19N3O5S. The summed E-state index contributed by atoms with van der Waals surface area (Å²) < 4.78 is 10.2. The van der Waals surface area contributed by atoms with Crippen molar-refractivity contribution in [1.29, 1.82) is 0 Å². The highest BCUT2D eigenvalue weighted by Gasteiger charge is 2.27. The van der Waals surface area contributed by atoms with E-state index in [1.165, 1.54) is 13.1 Å². The van der Waals surface area contributed by atoms with E-state index in [2.05, 4.69) is 15.8 Å². The summed E-state index contributed by atoms with van der Waals surface area (Å²) in [6.45, 7) is 3.47. The average molecular weight is 413 g/mol. The third-order valence-electron chi connectivity index (χ3n) is 4.09. The molecule has 2 aromatic heterocycles. The zero-order chi connectivity index (χ0) is 21.0. The van der Waals surface area contributed by atoms with E-state index in [0.29, 0.717) is 16.1 Å². The summed E-state index contributed by atoms with van der Waals surface area (Å²) in [6.07, 6.45) is 0. The Labute approximate surface area is 170 Å². The molecule has 0 aliphatic carbocycles. The van der Waals surface area contributed by atoms with Crippen molar-refractivity contribution in [2.75, 3.05) is 19.0 Å². The van der Waals surface area contributed by atoms with Gasteiger partial charge >= 0.3 is 5.97 Å². The highest BCUT2D eigenvalue weighted by Crippen LogP contribution is 2.34. The molecule has 0 aliphatic rings. The fourth-order valence-electron chi connectivity index (χ4n) is 2.67. The highest BCUT2D eigenvalue weighted by atomic mass is 32.1. The van der Waals surface area contributed by atoms with Crippen molar-refractivity contribution in [3.8, 4) is 11.3 Å². The van der Waals surface area contributed by atoms with Gasteiger partial charge < -0.3 is 19.9 Å². The molecule has 0 bridgehead atoms. The highest BCUT2D eigenvalue weighted by molar-refractivity contribution is 7.18. The lowest BCUT2D eigenvalue weighted by atomic mass is 10.1. The molecule has 0 aliphatic heterocycles.